The molecule has 1 aliphatic carbocycles. The minimum Gasteiger partial charge on any atom is -0.369 e. The van der Waals surface area contributed by atoms with Crippen LogP contribution >= 0.6 is 13.5 Å². The van der Waals surface area contributed by atoms with Crippen LogP contribution in [0.4, 0.5) is 5.82 Å². The van der Waals surface area contributed by atoms with Crippen molar-refractivity contribution in [3.63, 3.8) is 0 Å². The molecule has 180 valence electrons. The highest BCUT2D eigenvalue weighted by molar-refractivity contribution is 7.59. The van der Waals surface area contributed by atoms with Crippen LogP contribution in [0.25, 0.3) is 22.2 Å². The summed E-state index contributed by atoms with van der Waals surface area (Å²) in [5, 5.41) is 6.96. The van der Waals surface area contributed by atoms with Crippen LogP contribution in [0, 0.1) is 0 Å². The minimum atomic E-state index is -0.117. The maximum absolute atomic E-state index is 12.3. The molecule has 8 nitrogen and oxygen atoms in total. The van der Waals surface area contributed by atoms with Crippen molar-refractivity contribution in [1.29, 1.82) is 0 Å². The predicted octanol–water partition coefficient (Wildman–Crippen LogP) is 4.44. The largest absolute Gasteiger partial charge is 0.369 e. The van der Waals surface area contributed by atoms with E-state index in [-0.39, 0.29) is 25.3 Å². The predicted molar refractivity (Wildman–Crippen MR) is 142 cm³/mol. The standard InChI is InChI=1S/C26H27N7O.H2S/c1-16(19-7-4-8-20-21(26(34)27-2)9-10-28-24(19)20)12-29-23-11-22(32-15-33-23)18-13-30-25(31-14-18)17-5-3-6-17;/h4,7-11,13-17H,3,5-6,12H2,1-2H3,(H,27,34)(H,29,32,33);1H2/t16-;/m1./s1. The summed E-state index contributed by atoms with van der Waals surface area (Å²) in [6.45, 7) is 2.78. The van der Waals surface area contributed by atoms with Gasteiger partial charge in [-0.15, -0.1) is 0 Å². The molecule has 0 unspecified atom stereocenters. The Bertz CT molecular complexity index is 1330. The second-order valence-corrected chi connectivity index (χ2v) is 8.71. The summed E-state index contributed by atoms with van der Waals surface area (Å²) in [5.74, 6) is 2.20. The molecule has 0 spiro atoms. The number of hydrogen-bond donors (Lipinski definition) is 2. The Hall–Kier alpha value is -3.59. The number of hydrogen-bond acceptors (Lipinski definition) is 7. The Morgan fingerprint density at radius 1 is 1.09 bits per heavy atom. The van der Waals surface area contributed by atoms with E-state index in [0.717, 1.165) is 39.4 Å². The van der Waals surface area contributed by atoms with Crippen LogP contribution < -0.4 is 10.6 Å². The average Bonchev–Trinajstić information content (AvgIpc) is 2.85. The van der Waals surface area contributed by atoms with Gasteiger partial charge in [-0.25, -0.2) is 19.9 Å². The lowest BCUT2D eigenvalue weighted by molar-refractivity contribution is 0.0964. The van der Waals surface area contributed by atoms with Crippen molar-refractivity contribution >= 4 is 36.1 Å². The number of para-hydroxylation sites is 1. The van der Waals surface area contributed by atoms with Gasteiger partial charge in [0.25, 0.3) is 5.91 Å². The van der Waals surface area contributed by atoms with E-state index in [2.05, 4.69) is 48.5 Å². The molecular formula is C26H29N7OS. The van der Waals surface area contributed by atoms with E-state index < -0.39 is 0 Å². The van der Waals surface area contributed by atoms with Crippen molar-refractivity contribution in [3.05, 3.63) is 72.2 Å². The molecule has 0 saturated heterocycles. The fraction of sp³-hybridized carbons (Fsp3) is 0.308. The molecule has 2 N–H and O–H groups in total. The van der Waals surface area contributed by atoms with E-state index in [1.165, 1.54) is 19.3 Å². The number of fused-ring (bicyclic) bond motifs is 1. The lowest BCUT2D eigenvalue weighted by Gasteiger charge is -2.23. The Kier molecular flexibility index (Phi) is 7.55. The van der Waals surface area contributed by atoms with Crippen LogP contribution in [0.15, 0.2) is 55.2 Å². The Morgan fingerprint density at radius 2 is 1.89 bits per heavy atom. The maximum atomic E-state index is 12.3. The summed E-state index contributed by atoms with van der Waals surface area (Å²) < 4.78 is 0. The normalized spacial score (nSPS) is 14.0. The molecule has 35 heavy (non-hydrogen) atoms. The number of carbonyl (C=O) groups is 1. The first-order valence-electron chi connectivity index (χ1n) is 11.6. The molecule has 0 aliphatic heterocycles. The monoisotopic (exact) mass is 487 g/mol. The number of nitrogens with one attached hydrogen (secondary N) is 2. The van der Waals surface area contributed by atoms with E-state index in [9.17, 15) is 4.79 Å². The van der Waals surface area contributed by atoms with Crippen LogP contribution in [0.5, 0.6) is 0 Å². The lowest BCUT2D eigenvalue weighted by Crippen LogP contribution is -2.18. The van der Waals surface area contributed by atoms with Gasteiger partial charge in [0.2, 0.25) is 0 Å². The molecule has 5 rings (SSSR count). The average molecular weight is 488 g/mol. The number of amides is 1. The van der Waals surface area contributed by atoms with Gasteiger partial charge in [0, 0.05) is 61.0 Å². The Morgan fingerprint density at radius 3 is 2.60 bits per heavy atom. The fourth-order valence-electron chi connectivity index (χ4n) is 4.26. The van der Waals surface area contributed by atoms with Gasteiger partial charge in [0.1, 0.15) is 18.0 Å². The van der Waals surface area contributed by atoms with Gasteiger partial charge in [-0.05, 0) is 24.5 Å². The van der Waals surface area contributed by atoms with Crippen molar-refractivity contribution in [2.75, 3.05) is 18.9 Å². The molecule has 0 bridgehead atoms. The number of rotatable bonds is 7. The molecule has 1 atom stereocenters. The number of anilines is 1. The molecule has 1 amide bonds. The summed E-state index contributed by atoms with van der Waals surface area (Å²) in [6.07, 6.45) is 10.6. The molecule has 1 aromatic carbocycles. The van der Waals surface area contributed by atoms with Crippen LogP contribution in [-0.4, -0.2) is 44.4 Å². The summed E-state index contributed by atoms with van der Waals surface area (Å²) in [7, 11) is 1.63. The minimum absolute atomic E-state index is 0. The number of carbonyl (C=O) groups excluding carboxylic acids is 1. The van der Waals surface area contributed by atoms with Gasteiger partial charge >= 0.3 is 0 Å². The number of aromatic nitrogens is 5. The summed E-state index contributed by atoms with van der Waals surface area (Å²) in [5.41, 5.74) is 4.20. The molecule has 0 radical (unpaired) electrons. The van der Waals surface area contributed by atoms with E-state index in [1.54, 1.807) is 25.6 Å². The first-order chi connectivity index (χ1) is 16.6. The molecular weight excluding hydrogens is 458 g/mol. The number of nitrogens with zero attached hydrogens (tertiary/aromatic N) is 5. The van der Waals surface area contributed by atoms with Gasteiger partial charge in [-0.1, -0.05) is 31.5 Å². The molecule has 9 heteroatoms. The number of benzene rings is 1. The molecule has 1 saturated carbocycles. The zero-order valence-corrected chi connectivity index (χ0v) is 20.8. The lowest BCUT2D eigenvalue weighted by atomic mass is 9.85. The molecule has 3 aromatic heterocycles. The van der Waals surface area contributed by atoms with Crippen LogP contribution in [0.2, 0.25) is 0 Å². The van der Waals surface area contributed by atoms with E-state index in [0.29, 0.717) is 18.0 Å². The Labute approximate surface area is 211 Å². The Balaban J connectivity index is 0.00000289. The van der Waals surface area contributed by atoms with Crippen LogP contribution in [0.1, 0.15) is 59.8 Å². The number of pyridine rings is 1. The topological polar surface area (TPSA) is 106 Å². The highest BCUT2D eigenvalue weighted by Crippen LogP contribution is 2.34. The molecule has 1 fully saturated rings. The molecule has 1 aliphatic rings. The third kappa shape index (κ3) is 5.09. The van der Waals surface area contributed by atoms with Crippen molar-refractivity contribution in [2.24, 2.45) is 0 Å². The van der Waals surface area contributed by atoms with Gasteiger partial charge < -0.3 is 10.6 Å². The first-order valence-corrected chi connectivity index (χ1v) is 11.6. The van der Waals surface area contributed by atoms with Gasteiger partial charge in [0.15, 0.2) is 0 Å². The quantitative estimate of drug-likeness (QED) is 0.397. The van der Waals surface area contributed by atoms with Crippen LogP contribution in [0.3, 0.4) is 0 Å². The third-order valence-electron chi connectivity index (χ3n) is 6.50. The highest BCUT2D eigenvalue weighted by atomic mass is 32.1. The van der Waals surface area contributed by atoms with Crippen molar-refractivity contribution in [3.8, 4) is 11.3 Å². The second-order valence-electron chi connectivity index (χ2n) is 8.71. The zero-order valence-electron chi connectivity index (χ0n) is 19.8. The van der Waals surface area contributed by atoms with E-state index >= 15 is 0 Å². The third-order valence-corrected chi connectivity index (χ3v) is 6.50. The van der Waals surface area contributed by atoms with Crippen molar-refractivity contribution < 1.29 is 4.79 Å². The second kappa shape index (κ2) is 10.8. The van der Waals surface area contributed by atoms with Gasteiger partial charge in [-0.3, -0.25) is 9.78 Å². The smallest absolute Gasteiger partial charge is 0.251 e. The van der Waals surface area contributed by atoms with E-state index in [4.69, 9.17) is 0 Å². The highest BCUT2D eigenvalue weighted by Gasteiger charge is 2.22. The zero-order chi connectivity index (χ0) is 23.5. The van der Waals surface area contributed by atoms with Gasteiger partial charge in [-0.2, -0.15) is 13.5 Å². The fourth-order valence-corrected chi connectivity index (χ4v) is 4.26. The molecule has 4 aromatic rings. The summed E-state index contributed by atoms with van der Waals surface area (Å²) in [4.78, 5) is 34.7. The van der Waals surface area contributed by atoms with Gasteiger partial charge in [0.05, 0.1) is 16.8 Å². The maximum Gasteiger partial charge on any atom is 0.251 e. The SMILES string of the molecule is CNC(=O)c1ccnc2c([C@H](C)CNc3cc(-c4cnc(C5CCC5)nc4)ncn3)cccc12.S. The van der Waals surface area contributed by atoms with Crippen molar-refractivity contribution in [1.82, 2.24) is 30.2 Å². The molecule has 3 heterocycles. The summed E-state index contributed by atoms with van der Waals surface area (Å²) in [6, 6.07) is 9.63. The van der Waals surface area contributed by atoms with Crippen LogP contribution in [-0.2, 0) is 0 Å². The summed E-state index contributed by atoms with van der Waals surface area (Å²) >= 11 is 0. The van der Waals surface area contributed by atoms with Crippen molar-refractivity contribution in [2.45, 2.75) is 38.0 Å². The van der Waals surface area contributed by atoms with E-state index in [1.807, 2.05) is 30.6 Å². The first kappa shape index (κ1) is 24.5.